The van der Waals surface area contributed by atoms with Gasteiger partial charge < -0.3 is 9.51 Å². The van der Waals surface area contributed by atoms with Crippen molar-refractivity contribution in [3.8, 4) is 0 Å². The Bertz CT molecular complexity index is 905. The Morgan fingerprint density at radius 2 is 2.04 bits per heavy atom. The van der Waals surface area contributed by atoms with Crippen LogP contribution in [0, 0.1) is 0 Å². The molecular weight excluding hydrogens is 312 g/mol. The summed E-state index contributed by atoms with van der Waals surface area (Å²) in [5.74, 6) is 1.79. The summed E-state index contributed by atoms with van der Waals surface area (Å²) >= 11 is 0. The predicted molar refractivity (Wildman–Crippen MR) is 99.3 cm³/mol. The number of para-hydroxylation sites is 1. The van der Waals surface area contributed by atoms with Gasteiger partial charge >= 0.3 is 0 Å². The van der Waals surface area contributed by atoms with Crippen LogP contribution in [-0.2, 0) is 0 Å². The maximum Gasteiger partial charge on any atom is 0.243 e. The van der Waals surface area contributed by atoms with E-state index in [0.29, 0.717) is 11.8 Å². The topological polar surface area (TPSA) is 58.0 Å². The van der Waals surface area contributed by atoms with Gasteiger partial charge in [0, 0.05) is 41.7 Å². The second-order valence-electron chi connectivity index (χ2n) is 7.04. The van der Waals surface area contributed by atoms with Crippen molar-refractivity contribution >= 4 is 16.5 Å². The number of hydrogen-bond donors (Lipinski definition) is 1. The van der Waals surface area contributed by atoms with Crippen molar-refractivity contribution in [3.05, 3.63) is 53.8 Å². The highest BCUT2D eigenvalue weighted by Gasteiger charge is 2.24. The standard InChI is InChI=1S/C20H24N4O/c1-13(2)19-22-20(25-23-19)14(3)24-10-8-15(9-11-24)17-12-21-18-7-5-4-6-16(17)18/h4-8,12-14,21H,9-11H2,1-3H3/t14-/m1/s1. The lowest BCUT2D eigenvalue weighted by Gasteiger charge is -2.29. The normalized spacial score (nSPS) is 17.2. The van der Waals surface area contributed by atoms with Crippen LogP contribution in [0.4, 0.5) is 0 Å². The molecule has 1 aromatic carbocycles. The Labute approximate surface area is 147 Å². The maximum absolute atomic E-state index is 5.47. The summed E-state index contributed by atoms with van der Waals surface area (Å²) in [7, 11) is 0. The van der Waals surface area contributed by atoms with Gasteiger partial charge in [-0.1, -0.05) is 43.3 Å². The van der Waals surface area contributed by atoms with Gasteiger partial charge in [0.05, 0.1) is 6.04 Å². The summed E-state index contributed by atoms with van der Waals surface area (Å²) in [4.78, 5) is 10.3. The second-order valence-corrected chi connectivity index (χ2v) is 7.04. The highest BCUT2D eigenvalue weighted by molar-refractivity contribution is 5.92. The van der Waals surface area contributed by atoms with Gasteiger partial charge in [0.1, 0.15) is 0 Å². The molecule has 5 nitrogen and oxygen atoms in total. The van der Waals surface area contributed by atoms with Crippen molar-refractivity contribution in [2.45, 2.75) is 39.2 Å². The number of fused-ring (bicyclic) bond motifs is 1. The third-order valence-corrected chi connectivity index (χ3v) is 5.05. The molecule has 130 valence electrons. The molecule has 0 spiro atoms. The monoisotopic (exact) mass is 336 g/mol. The van der Waals surface area contributed by atoms with Gasteiger partial charge in [0.15, 0.2) is 5.82 Å². The SMILES string of the molecule is CC(C)c1noc([C@@H](C)N2CC=C(c3c[nH]c4ccccc34)CC2)n1. The number of aromatic nitrogens is 3. The van der Waals surface area contributed by atoms with Crippen LogP contribution < -0.4 is 0 Å². The fourth-order valence-electron chi connectivity index (χ4n) is 3.43. The Kier molecular flexibility index (Phi) is 4.17. The predicted octanol–water partition coefficient (Wildman–Crippen LogP) is 4.52. The number of H-pyrrole nitrogens is 1. The molecule has 0 radical (unpaired) electrons. The quantitative estimate of drug-likeness (QED) is 0.761. The third kappa shape index (κ3) is 3.00. The van der Waals surface area contributed by atoms with Crippen molar-refractivity contribution in [2.75, 3.05) is 13.1 Å². The van der Waals surface area contributed by atoms with E-state index < -0.39 is 0 Å². The molecule has 0 saturated carbocycles. The van der Waals surface area contributed by atoms with Gasteiger partial charge in [0.2, 0.25) is 5.89 Å². The molecule has 3 heterocycles. The molecule has 1 N–H and O–H groups in total. The highest BCUT2D eigenvalue weighted by atomic mass is 16.5. The van der Waals surface area contributed by atoms with E-state index in [-0.39, 0.29) is 6.04 Å². The molecule has 1 atom stereocenters. The van der Waals surface area contributed by atoms with Crippen LogP contribution in [-0.4, -0.2) is 33.1 Å². The molecule has 1 aliphatic rings. The van der Waals surface area contributed by atoms with Crippen molar-refractivity contribution in [1.29, 1.82) is 0 Å². The molecule has 4 rings (SSSR count). The van der Waals surface area contributed by atoms with E-state index in [1.54, 1.807) is 0 Å². The number of rotatable bonds is 4. The molecule has 0 saturated heterocycles. The number of hydrogen-bond acceptors (Lipinski definition) is 4. The average Bonchev–Trinajstić information content (AvgIpc) is 3.29. The zero-order chi connectivity index (χ0) is 17.4. The van der Waals surface area contributed by atoms with Crippen LogP contribution >= 0.6 is 0 Å². The first kappa shape index (κ1) is 16.1. The fraction of sp³-hybridized carbons (Fsp3) is 0.400. The van der Waals surface area contributed by atoms with Crippen molar-refractivity contribution in [3.63, 3.8) is 0 Å². The minimum absolute atomic E-state index is 0.140. The first-order valence-corrected chi connectivity index (χ1v) is 8.96. The Morgan fingerprint density at radius 1 is 1.20 bits per heavy atom. The average molecular weight is 336 g/mol. The van der Waals surface area contributed by atoms with Crippen LogP contribution in [0.5, 0.6) is 0 Å². The molecular formula is C20H24N4O. The fourth-order valence-corrected chi connectivity index (χ4v) is 3.43. The van der Waals surface area contributed by atoms with Gasteiger partial charge in [-0.25, -0.2) is 0 Å². The lowest BCUT2D eigenvalue weighted by atomic mass is 9.98. The first-order valence-electron chi connectivity index (χ1n) is 8.96. The summed E-state index contributed by atoms with van der Waals surface area (Å²) in [6.07, 6.45) is 5.48. The van der Waals surface area contributed by atoms with Crippen LogP contribution in [0.1, 0.15) is 56.4 Å². The molecule has 1 aliphatic heterocycles. The minimum Gasteiger partial charge on any atom is -0.361 e. The molecule has 0 unspecified atom stereocenters. The van der Waals surface area contributed by atoms with Gasteiger partial charge in [-0.15, -0.1) is 0 Å². The van der Waals surface area contributed by atoms with E-state index in [9.17, 15) is 0 Å². The zero-order valence-corrected chi connectivity index (χ0v) is 15.0. The zero-order valence-electron chi connectivity index (χ0n) is 15.0. The van der Waals surface area contributed by atoms with Crippen LogP contribution in [0.3, 0.4) is 0 Å². The van der Waals surface area contributed by atoms with E-state index in [1.807, 2.05) is 0 Å². The summed E-state index contributed by atoms with van der Waals surface area (Å²) < 4.78 is 5.47. The third-order valence-electron chi connectivity index (χ3n) is 5.05. The van der Waals surface area contributed by atoms with Gasteiger partial charge in [-0.05, 0) is 25.0 Å². The second kappa shape index (κ2) is 6.48. The summed E-state index contributed by atoms with van der Waals surface area (Å²) in [6, 6.07) is 8.61. The summed E-state index contributed by atoms with van der Waals surface area (Å²) in [6.45, 7) is 8.19. The van der Waals surface area contributed by atoms with Crippen LogP contribution in [0.25, 0.3) is 16.5 Å². The number of benzene rings is 1. The van der Waals surface area contributed by atoms with E-state index >= 15 is 0 Å². The van der Waals surface area contributed by atoms with E-state index in [1.165, 1.54) is 22.0 Å². The van der Waals surface area contributed by atoms with Crippen molar-refractivity contribution in [2.24, 2.45) is 0 Å². The Hall–Kier alpha value is -2.40. The van der Waals surface area contributed by atoms with Gasteiger partial charge in [0.25, 0.3) is 0 Å². The number of nitrogens with zero attached hydrogens (tertiary/aromatic N) is 3. The van der Waals surface area contributed by atoms with E-state index in [0.717, 1.165) is 25.3 Å². The molecule has 3 aromatic rings. The summed E-state index contributed by atoms with van der Waals surface area (Å²) in [5.41, 5.74) is 3.93. The molecule has 2 aromatic heterocycles. The lowest BCUT2D eigenvalue weighted by molar-refractivity contribution is 0.189. The Morgan fingerprint density at radius 3 is 2.76 bits per heavy atom. The van der Waals surface area contributed by atoms with Crippen LogP contribution in [0.15, 0.2) is 41.1 Å². The van der Waals surface area contributed by atoms with Crippen molar-refractivity contribution in [1.82, 2.24) is 20.0 Å². The maximum atomic E-state index is 5.47. The minimum atomic E-state index is 0.140. The first-order chi connectivity index (χ1) is 12.1. The van der Waals surface area contributed by atoms with Gasteiger partial charge in [-0.3, -0.25) is 4.90 Å². The highest BCUT2D eigenvalue weighted by Crippen LogP contribution is 2.31. The molecule has 25 heavy (non-hydrogen) atoms. The number of aromatic amines is 1. The molecule has 0 bridgehead atoms. The molecule has 0 aliphatic carbocycles. The smallest absolute Gasteiger partial charge is 0.243 e. The molecule has 0 fully saturated rings. The largest absolute Gasteiger partial charge is 0.361 e. The van der Waals surface area contributed by atoms with E-state index in [4.69, 9.17) is 4.52 Å². The number of nitrogens with one attached hydrogen (secondary N) is 1. The molecule has 5 heteroatoms. The van der Waals surface area contributed by atoms with Crippen LogP contribution in [0.2, 0.25) is 0 Å². The Balaban J connectivity index is 1.51. The van der Waals surface area contributed by atoms with E-state index in [2.05, 4.69) is 77.3 Å². The lowest BCUT2D eigenvalue weighted by Crippen LogP contribution is -2.31. The summed E-state index contributed by atoms with van der Waals surface area (Å²) in [5, 5.41) is 5.39. The van der Waals surface area contributed by atoms with Gasteiger partial charge in [-0.2, -0.15) is 4.98 Å². The van der Waals surface area contributed by atoms with Crippen molar-refractivity contribution < 1.29 is 4.52 Å². The molecule has 0 amide bonds.